The van der Waals surface area contributed by atoms with Gasteiger partial charge in [0.15, 0.2) is 0 Å². The van der Waals surface area contributed by atoms with Crippen LogP contribution in [0, 0.1) is 22.7 Å². The molecule has 1 aromatic heterocycles. The van der Waals surface area contributed by atoms with E-state index in [0.717, 1.165) is 40.4 Å². The number of benzene rings is 2. The molecule has 2 atom stereocenters. The summed E-state index contributed by atoms with van der Waals surface area (Å²) in [6.45, 7) is 2.09. The maximum absolute atomic E-state index is 9.87. The summed E-state index contributed by atoms with van der Waals surface area (Å²) in [5, 5.41) is 27.5. The minimum atomic E-state index is -0.745. The van der Waals surface area contributed by atoms with E-state index >= 15 is 0 Å². The van der Waals surface area contributed by atoms with E-state index in [-0.39, 0.29) is 11.8 Å². The number of nitrogens with one attached hydrogen (secondary N) is 2. The van der Waals surface area contributed by atoms with Gasteiger partial charge in [0, 0.05) is 22.7 Å². The van der Waals surface area contributed by atoms with Crippen LogP contribution in [0.25, 0.3) is 10.8 Å². The third kappa shape index (κ3) is 2.63. The van der Waals surface area contributed by atoms with Crippen LogP contribution in [0.5, 0.6) is 11.6 Å². The van der Waals surface area contributed by atoms with Crippen molar-refractivity contribution in [2.45, 2.75) is 25.7 Å². The van der Waals surface area contributed by atoms with E-state index in [9.17, 15) is 5.26 Å². The van der Waals surface area contributed by atoms with Crippen LogP contribution in [0.15, 0.2) is 36.4 Å². The second kappa shape index (κ2) is 6.76. The molecule has 1 aliphatic rings. The zero-order valence-corrected chi connectivity index (χ0v) is 15.2. The summed E-state index contributed by atoms with van der Waals surface area (Å²) in [7, 11) is 1.63. The first-order valence-electron chi connectivity index (χ1n) is 8.98. The second-order valence-electron chi connectivity index (χ2n) is 6.62. The van der Waals surface area contributed by atoms with Crippen molar-refractivity contribution in [2.75, 3.05) is 7.11 Å². The van der Waals surface area contributed by atoms with Gasteiger partial charge in [-0.05, 0) is 23.3 Å². The van der Waals surface area contributed by atoms with Gasteiger partial charge >= 0.3 is 0 Å². The monoisotopic (exact) mass is 360 g/mol. The number of nitrogens with zero attached hydrogens (tertiary/aromatic N) is 2. The minimum Gasteiger partial charge on any atom is -0.496 e. The van der Waals surface area contributed by atoms with Gasteiger partial charge in [-0.3, -0.25) is 10.5 Å². The molecule has 0 aliphatic carbocycles. The van der Waals surface area contributed by atoms with Crippen molar-refractivity contribution in [3.05, 3.63) is 53.2 Å². The number of hydrogen-bond acceptors (Lipinski definition) is 5. The third-order valence-corrected chi connectivity index (χ3v) is 5.08. The van der Waals surface area contributed by atoms with Crippen molar-refractivity contribution in [3.8, 4) is 17.7 Å². The number of H-pyrrole nitrogens is 1. The number of ether oxygens (including phenoxy) is 2. The predicted molar refractivity (Wildman–Crippen MR) is 102 cm³/mol. The fourth-order valence-electron chi connectivity index (χ4n) is 3.91. The molecule has 2 heterocycles. The fourth-order valence-corrected chi connectivity index (χ4v) is 3.91. The number of rotatable bonds is 4. The number of aromatic nitrogens is 2. The van der Waals surface area contributed by atoms with Crippen molar-refractivity contribution in [1.82, 2.24) is 10.2 Å². The quantitative estimate of drug-likeness (QED) is 0.730. The minimum absolute atomic E-state index is 0.0838. The number of nitriles is 1. The number of aromatic amines is 1. The summed E-state index contributed by atoms with van der Waals surface area (Å²) in [6.07, 6.45) is 1.73. The Bertz CT molecular complexity index is 1060. The molecule has 3 aromatic rings. The van der Waals surface area contributed by atoms with Gasteiger partial charge in [-0.2, -0.15) is 5.26 Å². The lowest BCUT2D eigenvalue weighted by Crippen LogP contribution is -2.31. The third-order valence-electron chi connectivity index (χ3n) is 5.08. The Morgan fingerprint density at radius 2 is 2.07 bits per heavy atom. The zero-order valence-electron chi connectivity index (χ0n) is 15.2. The Morgan fingerprint density at radius 1 is 1.26 bits per heavy atom. The second-order valence-corrected chi connectivity index (χ2v) is 6.62. The lowest BCUT2D eigenvalue weighted by molar-refractivity contribution is 0.397. The first-order valence-corrected chi connectivity index (χ1v) is 8.98. The molecule has 4 rings (SSSR count). The van der Waals surface area contributed by atoms with Crippen LogP contribution in [0.1, 0.15) is 36.1 Å². The summed E-state index contributed by atoms with van der Waals surface area (Å²) < 4.78 is 11.3. The Balaban J connectivity index is 2.06. The molecule has 0 bridgehead atoms. The molecule has 1 aliphatic heterocycles. The number of hydrogen-bond donors (Lipinski definition) is 2. The van der Waals surface area contributed by atoms with E-state index in [0.29, 0.717) is 11.6 Å². The highest BCUT2D eigenvalue weighted by molar-refractivity contribution is 5.92. The van der Waals surface area contributed by atoms with E-state index in [1.807, 2.05) is 36.4 Å². The molecule has 0 radical (unpaired) electrons. The van der Waals surface area contributed by atoms with Crippen molar-refractivity contribution in [1.29, 1.82) is 10.7 Å². The van der Waals surface area contributed by atoms with E-state index < -0.39 is 5.92 Å². The molecule has 2 N–H and O–H groups in total. The molecule has 27 heavy (non-hydrogen) atoms. The molecule has 0 fully saturated rings. The smallest absolute Gasteiger partial charge is 0.243 e. The van der Waals surface area contributed by atoms with Gasteiger partial charge in [-0.1, -0.05) is 43.7 Å². The highest BCUT2D eigenvalue weighted by atomic mass is 16.5. The van der Waals surface area contributed by atoms with Crippen LogP contribution in [0.2, 0.25) is 0 Å². The molecule has 6 heteroatoms. The molecule has 2 unspecified atom stereocenters. The highest BCUT2D eigenvalue weighted by Gasteiger charge is 2.42. The van der Waals surface area contributed by atoms with Gasteiger partial charge in [0.1, 0.15) is 11.7 Å². The maximum atomic E-state index is 9.87. The summed E-state index contributed by atoms with van der Waals surface area (Å²) in [6, 6.07) is 14.2. The number of aryl methyl sites for hydroxylation is 1. The van der Waals surface area contributed by atoms with Gasteiger partial charge < -0.3 is 9.47 Å². The maximum Gasteiger partial charge on any atom is 0.243 e. The SMILES string of the molecule is CCCc1[nH]nc2c1C(c1c(OC)ccc3ccccc13)C(C#N)C(=N)O2. The van der Waals surface area contributed by atoms with E-state index in [1.54, 1.807) is 7.11 Å². The molecular weight excluding hydrogens is 340 g/mol. The summed E-state index contributed by atoms with van der Waals surface area (Å²) in [5.74, 6) is -0.129. The Hall–Kier alpha value is -3.33. The molecular formula is C21H20N4O2. The van der Waals surface area contributed by atoms with Crippen LogP contribution < -0.4 is 9.47 Å². The lowest BCUT2D eigenvalue weighted by Gasteiger charge is -2.30. The van der Waals surface area contributed by atoms with Crippen LogP contribution >= 0.6 is 0 Å². The van der Waals surface area contributed by atoms with E-state index in [4.69, 9.17) is 14.9 Å². The standard InChI is InChI=1S/C21H20N4O2/c1-3-6-15-19-18(14(11-22)20(23)27-21(19)25-24-15)17-13-8-5-4-7-12(13)9-10-16(17)26-2/h4-5,7-10,14,18,23H,3,6H2,1-2H3,(H,24,25). The molecule has 0 saturated heterocycles. The zero-order chi connectivity index (χ0) is 19.0. The van der Waals surface area contributed by atoms with Crippen LogP contribution in [0.3, 0.4) is 0 Å². The van der Waals surface area contributed by atoms with Gasteiger partial charge in [0.25, 0.3) is 0 Å². The van der Waals surface area contributed by atoms with E-state index in [2.05, 4.69) is 23.2 Å². The molecule has 136 valence electrons. The predicted octanol–water partition coefficient (Wildman–Crippen LogP) is 4.17. The summed E-state index contributed by atoms with van der Waals surface area (Å²) in [5.41, 5.74) is 2.70. The van der Waals surface area contributed by atoms with Gasteiger partial charge in [0.2, 0.25) is 11.8 Å². The molecule has 2 aromatic carbocycles. The van der Waals surface area contributed by atoms with Crippen LogP contribution in [-0.2, 0) is 6.42 Å². The normalized spacial score (nSPS) is 18.6. The Kier molecular flexibility index (Phi) is 4.28. The van der Waals surface area contributed by atoms with Gasteiger partial charge in [-0.25, -0.2) is 0 Å². The van der Waals surface area contributed by atoms with Gasteiger partial charge in [-0.15, -0.1) is 5.10 Å². The average molecular weight is 360 g/mol. The molecule has 0 spiro atoms. The Morgan fingerprint density at radius 3 is 2.81 bits per heavy atom. The summed E-state index contributed by atoms with van der Waals surface area (Å²) >= 11 is 0. The summed E-state index contributed by atoms with van der Waals surface area (Å²) in [4.78, 5) is 0. The first kappa shape index (κ1) is 17.1. The van der Waals surface area contributed by atoms with Crippen molar-refractivity contribution in [2.24, 2.45) is 5.92 Å². The van der Waals surface area contributed by atoms with Gasteiger partial charge in [0.05, 0.1) is 13.2 Å². The first-order chi connectivity index (χ1) is 13.2. The molecule has 6 nitrogen and oxygen atoms in total. The van der Waals surface area contributed by atoms with Crippen LogP contribution in [0.4, 0.5) is 0 Å². The highest BCUT2D eigenvalue weighted by Crippen LogP contribution is 2.48. The average Bonchev–Trinajstić information content (AvgIpc) is 3.08. The van der Waals surface area contributed by atoms with E-state index in [1.165, 1.54) is 0 Å². The van der Waals surface area contributed by atoms with Crippen molar-refractivity contribution >= 4 is 16.7 Å². The molecule has 0 amide bonds. The Labute approximate surface area is 157 Å². The van der Waals surface area contributed by atoms with Crippen molar-refractivity contribution < 1.29 is 9.47 Å². The fraction of sp³-hybridized carbons (Fsp3) is 0.286. The largest absolute Gasteiger partial charge is 0.496 e. The topological polar surface area (TPSA) is 94.8 Å². The number of methoxy groups -OCH3 is 1. The van der Waals surface area contributed by atoms with Crippen LogP contribution in [-0.4, -0.2) is 23.2 Å². The van der Waals surface area contributed by atoms with Crippen molar-refractivity contribution in [3.63, 3.8) is 0 Å². The lowest BCUT2D eigenvalue weighted by atomic mass is 9.77. The number of fused-ring (bicyclic) bond motifs is 2. The molecule has 0 saturated carbocycles.